The molecule has 1 heterocycles. The predicted octanol–water partition coefficient (Wildman–Crippen LogP) is 11.6. The molecule has 2 aromatic carbocycles. The number of carbonyl (C=O) groups excluding carboxylic acids is 1. The highest BCUT2D eigenvalue weighted by Crippen LogP contribution is 2.41. The Labute approximate surface area is 289 Å². The van der Waals surface area contributed by atoms with Crippen LogP contribution in [-0.2, 0) is 20.7 Å². The van der Waals surface area contributed by atoms with Crippen molar-refractivity contribution in [2.75, 3.05) is 6.61 Å². The van der Waals surface area contributed by atoms with Crippen molar-refractivity contribution in [1.29, 1.82) is 0 Å². The van der Waals surface area contributed by atoms with Crippen molar-refractivity contribution in [3.8, 4) is 11.5 Å². The second-order valence-electron chi connectivity index (χ2n) is 17.2. The molecule has 1 atom stereocenters. The van der Waals surface area contributed by atoms with Crippen molar-refractivity contribution >= 4 is 34.1 Å². The van der Waals surface area contributed by atoms with Crippen molar-refractivity contribution in [1.82, 2.24) is 0 Å². The lowest BCUT2D eigenvalue weighted by Gasteiger charge is -2.38. The predicted molar refractivity (Wildman–Crippen MR) is 203 cm³/mol. The van der Waals surface area contributed by atoms with Gasteiger partial charge >= 0.3 is 0 Å². The molecule has 1 aliphatic heterocycles. The first-order chi connectivity index (χ1) is 21.6. The molecule has 0 saturated carbocycles. The van der Waals surface area contributed by atoms with E-state index in [1.807, 2.05) is 0 Å². The Morgan fingerprint density at radius 2 is 1.45 bits per heavy atom. The van der Waals surface area contributed by atoms with Crippen LogP contribution >= 0.6 is 0 Å². The fraction of sp³-hybridized carbons (Fsp3) is 0.625. The van der Waals surface area contributed by atoms with Crippen LogP contribution in [0.25, 0.3) is 11.6 Å². The highest BCUT2D eigenvalue weighted by Gasteiger charge is 2.41. The number of unbranched alkanes of at least 4 members (excludes halogenated alkanes) is 2. The van der Waals surface area contributed by atoms with Gasteiger partial charge in [-0.2, -0.15) is 0 Å². The van der Waals surface area contributed by atoms with Crippen molar-refractivity contribution in [3.63, 3.8) is 0 Å². The molecule has 0 bridgehead atoms. The van der Waals surface area contributed by atoms with Crippen LogP contribution in [-0.4, -0.2) is 40.9 Å². The summed E-state index contributed by atoms with van der Waals surface area (Å²) in [6.45, 7) is 29.8. The van der Waals surface area contributed by atoms with Crippen molar-refractivity contribution in [2.24, 2.45) is 0 Å². The Morgan fingerprint density at radius 1 is 0.851 bits per heavy atom. The number of allylic oxidation sites excluding steroid dienone is 1. The van der Waals surface area contributed by atoms with Crippen LogP contribution in [0, 0.1) is 0 Å². The van der Waals surface area contributed by atoms with Crippen molar-refractivity contribution in [3.05, 3.63) is 59.2 Å². The average molecular weight is 681 g/mol. The van der Waals surface area contributed by atoms with Gasteiger partial charge in [-0.3, -0.25) is 4.79 Å². The van der Waals surface area contributed by atoms with E-state index >= 15 is 0 Å². The second-order valence-corrected chi connectivity index (χ2v) is 26.7. The SMILES string of the molecule is CC(=Cc1cccc(CCCCCC(C)(C)OC2OCCCC2=O)c1)c1cc(O[Si](C)(C)C(C)(C)C)cc(O[Si](C)(C)C(C)(C)C)c1. The molecule has 1 aliphatic rings. The number of hydrogen-bond acceptors (Lipinski definition) is 5. The third-order valence-electron chi connectivity index (χ3n) is 10.3. The van der Waals surface area contributed by atoms with Crippen LogP contribution in [0.15, 0.2) is 42.5 Å². The lowest BCUT2D eigenvalue weighted by atomic mass is 9.97. The van der Waals surface area contributed by atoms with Gasteiger partial charge in [0.25, 0.3) is 0 Å². The summed E-state index contributed by atoms with van der Waals surface area (Å²) in [5.74, 6) is 1.87. The Bertz CT molecular complexity index is 1330. The summed E-state index contributed by atoms with van der Waals surface area (Å²) >= 11 is 0. The van der Waals surface area contributed by atoms with E-state index in [1.165, 1.54) is 16.7 Å². The fourth-order valence-electron chi connectivity index (χ4n) is 5.14. The zero-order valence-corrected chi connectivity index (χ0v) is 33.9. The van der Waals surface area contributed by atoms with Crippen molar-refractivity contribution in [2.45, 2.75) is 155 Å². The summed E-state index contributed by atoms with van der Waals surface area (Å²) < 4.78 is 25.2. The van der Waals surface area contributed by atoms with E-state index in [1.54, 1.807) is 0 Å². The molecule has 1 fully saturated rings. The first-order valence-electron chi connectivity index (χ1n) is 17.7. The average Bonchev–Trinajstić information content (AvgIpc) is 2.92. The molecule has 0 spiro atoms. The molecule has 7 heteroatoms. The van der Waals surface area contributed by atoms with Gasteiger partial charge in [-0.25, -0.2) is 0 Å². The minimum atomic E-state index is -2.04. The maximum Gasteiger partial charge on any atom is 0.250 e. The van der Waals surface area contributed by atoms with Gasteiger partial charge in [0.1, 0.15) is 11.5 Å². The number of carbonyl (C=O) groups is 1. The number of hydrogen-bond donors (Lipinski definition) is 0. The quantitative estimate of drug-likeness (QED) is 0.113. The molecular formula is C40H64O5Si2. The first kappa shape index (κ1) is 39.2. The molecular weight excluding hydrogens is 617 g/mol. The number of rotatable bonds is 14. The van der Waals surface area contributed by atoms with Crippen LogP contribution < -0.4 is 8.85 Å². The maximum absolute atomic E-state index is 12.1. The summed E-state index contributed by atoms with van der Waals surface area (Å²) in [6, 6.07) is 15.4. The van der Waals surface area contributed by atoms with E-state index < -0.39 is 22.9 Å². The second kappa shape index (κ2) is 15.6. The molecule has 47 heavy (non-hydrogen) atoms. The molecule has 1 unspecified atom stereocenters. The molecule has 0 aliphatic carbocycles. The molecule has 0 amide bonds. The Hall–Kier alpha value is -2.20. The number of ether oxygens (including phenoxy) is 2. The van der Waals surface area contributed by atoms with Crippen LogP contribution in [0.1, 0.15) is 118 Å². The monoisotopic (exact) mass is 680 g/mol. The van der Waals surface area contributed by atoms with Gasteiger partial charge in [0, 0.05) is 12.5 Å². The molecule has 262 valence electrons. The van der Waals surface area contributed by atoms with Crippen molar-refractivity contribution < 1.29 is 23.1 Å². The zero-order valence-electron chi connectivity index (χ0n) is 31.9. The molecule has 3 rings (SSSR count). The van der Waals surface area contributed by atoms with E-state index in [2.05, 4.69) is 137 Å². The van der Waals surface area contributed by atoms with Crippen LogP contribution in [0.4, 0.5) is 0 Å². The Kier molecular flexibility index (Phi) is 13.0. The van der Waals surface area contributed by atoms with Crippen LogP contribution in [0.5, 0.6) is 11.5 Å². The van der Waals surface area contributed by atoms with E-state index in [4.69, 9.17) is 18.3 Å². The molecule has 1 saturated heterocycles. The zero-order chi connectivity index (χ0) is 35.3. The summed E-state index contributed by atoms with van der Waals surface area (Å²) in [5, 5.41) is 0.201. The van der Waals surface area contributed by atoms with Crippen LogP contribution in [0.2, 0.25) is 36.3 Å². The Morgan fingerprint density at radius 3 is 2.00 bits per heavy atom. The maximum atomic E-state index is 12.1. The Balaban J connectivity index is 1.71. The first-order valence-corrected chi connectivity index (χ1v) is 23.5. The summed E-state index contributed by atoms with van der Waals surface area (Å²) in [5.41, 5.74) is 4.49. The van der Waals surface area contributed by atoms with E-state index in [0.717, 1.165) is 55.6 Å². The highest BCUT2D eigenvalue weighted by molar-refractivity contribution is 6.75. The van der Waals surface area contributed by atoms with E-state index in [0.29, 0.717) is 13.0 Å². The molecule has 5 nitrogen and oxygen atoms in total. The van der Waals surface area contributed by atoms with Gasteiger partial charge < -0.3 is 18.3 Å². The number of Topliss-reactive ketones (excluding diaryl/α,β-unsaturated/α-hetero) is 1. The molecule has 2 aromatic rings. The number of benzene rings is 2. The lowest BCUT2D eigenvalue weighted by molar-refractivity contribution is -0.212. The van der Waals surface area contributed by atoms with Gasteiger partial charge in [-0.05, 0) is 117 Å². The minimum absolute atomic E-state index is 0.0700. The molecule has 0 radical (unpaired) electrons. The van der Waals surface area contributed by atoms with E-state index in [-0.39, 0.29) is 21.5 Å². The van der Waals surface area contributed by atoms with Crippen LogP contribution in [0.3, 0.4) is 0 Å². The summed E-state index contributed by atoms with van der Waals surface area (Å²) in [4.78, 5) is 12.1. The standard InChI is InChI=1S/C40H64O5Si2/c1-30(33-27-34(44-46(10,11)38(2,3)4)29-35(28-33)45-47(12,13)39(5,6)7)25-32-21-17-20-31(26-32)19-15-14-16-23-40(8,9)43-37-36(41)22-18-24-42-37/h17,20-21,25-29,37H,14-16,18-19,22-24H2,1-13H3. The number of aryl methyl sites for hydroxylation is 1. The largest absolute Gasteiger partial charge is 0.543 e. The van der Waals surface area contributed by atoms with Gasteiger partial charge in [0.15, 0.2) is 5.78 Å². The summed E-state index contributed by atoms with van der Waals surface area (Å²) in [7, 11) is -4.07. The number of ketones is 1. The molecule has 0 aromatic heterocycles. The minimum Gasteiger partial charge on any atom is -0.543 e. The molecule has 0 N–H and O–H groups in total. The normalized spacial score (nSPS) is 17.2. The van der Waals surface area contributed by atoms with Gasteiger partial charge in [-0.15, -0.1) is 0 Å². The third-order valence-corrected chi connectivity index (χ3v) is 19.0. The summed E-state index contributed by atoms with van der Waals surface area (Å²) in [6.07, 6.45) is 8.15. The van der Waals surface area contributed by atoms with Gasteiger partial charge in [0.05, 0.1) is 12.2 Å². The van der Waals surface area contributed by atoms with Gasteiger partial charge in [0.2, 0.25) is 22.9 Å². The lowest BCUT2D eigenvalue weighted by Crippen LogP contribution is -2.44. The topological polar surface area (TPSA) is 54.0 Å². The fourth-order valence-corrected chi connectivity index (χ4v) is 7.16. The smallest absolute Gasteiger partial charge is 0.250 e. The van der Waals surface area contributed by atoms with Gasteiger partial charge in [-0.1, -0.05) is 84.7 Å². The third kappa shape index (κ3) is 11.7. The highest BCUT2D eigenvalue weighted by atomic mass is 28.4. The van der Waals surface area contributed by atoms with E-state index in [9.17, 15) is 4.79 Å².